The van der Waals surface area contributed by atoms with Crippen LogP contribution < -0.4 is 0 Å². The Morgan fingerprint density at radius 3 is 2.12 bits per heavy atom. The van der Waals surface area contributed by atoms with Crippen molar-refractivity contribution in [2.45, 2.75) is 52.9 Å². The van der Waals surface area contributed by atoms with E-state index in [-0.39, 0.29) is 0 Å². The average Bonchev–Trinajstić information content (AvgIpc) is 2.34. The number of rotatable bonds is 10. The molecule has 0 aliphatic carbocycles. The Balaban J connectivity index is 4.51. The van der Waals surface area contributed by atoms with Crippen molar-refractivity contribution in [1.82, 2.24) is 4.90 Å². The molecule has 0 radical (unpaired) electrons. The van der Waals surface area contributed by atoms with Crippen molar-refractivity contribution in [3.05, 3.63) is 0 Å². The zero-order valence-electron chi connectivity index (χ0n) is 11.7. The Bertz CT molecular complexity index is 217. The fourth-order valence-electron chi connectivity index (χ4n) is 2.58. The summed E-state index contributed by atoms with van der Waals surface area (Å²) < 4.78 is 0. The first-order valence-electron chi connectivity index (χ1n) is 6.88. The molecule has 0 aliphatic rings. The van der Waals surface area contributed by atoms with Gasteiger partial charge in [0.15, 0.2) is 0 Å². The third kappa shape index (κ3) is 6.33. The van der Waals surface area contributed by atoms with E-state index in [0.717, 1.165) is 25.4 Å². The Hall–Kier alpha value is -0.200. The van der Waals surface area contributed by atoms with Gasteiger partial charge in [0.05, 0.1) is 6.07 Å². The molecule has 0 aromatic heterocycles. The molecule has 3 heteroatoms. The van der Waals surface area contributed by atoms with Gasteiger partial charge in [-0.05, 0) is 30.6 Å². The van der Waals surface area contributed by atoms with E-state index in [0.29, 0.717) is 11.8 Å². The lowest BCUT2D eigenvalue weighted by molar-refractivity contribution is 0.153. The summed E-state index contributed by atoms with van der Waals surface area (Å²) in [6, 6.07) is 2.24. The van der Waals surface area contributed by atoms with Gasteiger partial charge in [-0.3, -0.25) is 0 Å². The highest BCUT2D eigenvalue weighted by molar-refractivity contribution is 7.80. The van der Waals surface area contributed by atoms with E-state index in [1.165, 1.54) is 25.7 Å². The fraction of sp³-hybridized carbons (Fsp3) is 0.929. The molecular formula is C14H28N2S. The molecule has 0 N–H and O–H groups in total. The van der Waals surface area contributed by atoms with Crippen LogP contribution >= 0.6 is 12.6 Å². The standard InChI is InChI=1S/C14H28N2S/c1-4-8-14(13-17,9-5-2)12-16(6-3)11-7-10-15/h17H,4-9,11-13H2,1-3H3. The van der Waals surface area contributed by atoms with Crippen molar-refractivity contribution < 1.29 is 0 Å². The van der Waals surface area contributed by atoms with Crippen molar-refractivity contribution >= 4 is 12.6 Å². The van der Waals surface area contributed by atoms with E-state index in [1.54, 1.807) is 0 Å². The highest BCUT2D eigenvalue weighted by atomic mass is 32.1. The summed E-state index contributed by atoms with van der Waals surface area (Å²) in [6.45, 7) is 9.70. The van der Waals surface area contributed by atoms with Crippen molar-refractivity contribution in [3.63, 3.8) is 0 Å². The Morgan fingerprint density at radius 1 is 1.18 bits per heavy atom. The molecule has 0 aliphatic heterocycles. The lowest BCUT2D eigenvalue weighted by Gasteiger charge is -2.37. The number of thiol groups is 1. The first-order valence-corrected chi connectivity index (χ1v) is 7.51. The third-order valence-corrected chi connectivity index (χ3v) is 4.11. The van der Waals surface area contributed by atoms with E-state index in [9.17, 15) is 0 Å². The van der Waals surface area contributed by atoms with Crippen LogP contribution in [0.2, 0.25) is 0 Å². The molecule has 0 spiro atoms. The summed E-state index contributed by atoms with van der Waals surface area (Å²) in [5.41, 5.74) is 0.345. The first-order chi connectivity index (χ1) is 8.17. The smallest absolute Gasteiger partial charge is 0.0635 e. The van der Waals surface area contributed by atoms with Gasteiger partial charge in [0.2, 0.25) is 0 Å². The van der Waals surface area contributed by atoms with Crippen LogP contribution in [-0.4, -0.2) is 30.3 Å². The van der Waals surface area contributed by atoms with Gasteiger partial charge in [-0.15, -0.1) is 0 Å². The Kier molecular flexibility index (Phi) is 9.68. The second-order valence-corrected chi connectivity index (χ2v) is 5.25. The molecule has 2 nitrogen and oxygen atoms in total. The van der Waals surface area contributed by atoms with E-state index < -0.39 is 0 Å². The number of nitrogens with zero attached hydrogens (tertiary/aromatic N) is 2. The number of hydrogen-bond donors (Lipinski definition) is 1. The Morgan fingerprint density at radius 2 is 1.76 bits per heavy atom. The predicted octanol–water partition coefficient (Wildman–Crippen LogP) is 3.74. The van der Waals surface area contributed by atoms with Gasteiger partial charge in [-0.1, -0.05) is 33.6 Å². The van der Waals surface area contributed by atoms with Crippen molar-refractivity contribution in [3.8, 4) is 6.07 Å². The molecule has 0 rings (SSSR count). The largest absolute Gasteiger partial charge is 0.302 e. The second kappa shape index (κ2) is 9.79. The number of hydrogen-bond acceptors (Lipinski definition) is 3. The zero-order chi connectivity index (χ0) is 13.1. The molecule has 0 saturated carbocycles. The summed E-state index contributed by atoms with van der Waals surface area (Å²) in [7, 11) is 0. The zero-order valence-corrected chi connectivity index (χ0v) is 12.6. The van der Waals surface area contributed by atoms with Gasteiger partial charge in [-0.25, -0.2) is 0 Å². The van der Waals surface area contributed by atoms with Crippen LogP contribution in [0.4, 0.5) is 0 Å². The van der Waals surface area contributed by atoms with Gasteiger partial charge in [0.25, 0.3) is 0 Å². The molecule has 0 bridgehead atoms. The Labute approximate surface area is 113 Å². The molecule has 0 heterocycles. The van der Waals surface area contributed by atoms with Gasteiger partial charge in [0.1, 0.15) is 0 Å². The topological polar surface area (TPSA) is 27.0 Å². The average molecular weight is 256 g/mol. The minimum absolute atomic E-state index is 0.345. The van der Waals surface area contributed by atoms with Gasteiger partial charge in [0, 0.05) is 19.5 Å². The molecule has 0 saturated heterocycles. The van der Waals surface area contributed by atoms with E-state index in [2.05, 4.69) is 44.4 Å². The summed E-state index contributed by atoms with van der Waals surface area (Å²) in [5.74, 6) is 0.956. The lowest BCUT2D eigenvalue weighted by Crippen LogP contribution is -2.39. The van der Waals surface area contributed by atoms with Gasteiger partial charge in [-0.2, -0.15) is 17.9 Å². The van der Waals surface area contributed by atoms with Crippen molar-refractivity contribution in [2.75, 3.05) is 25.4 Å². The van der Waals surface area contributed by atoms with Crippen LogP contribution in [0.25, 0.3) is 0 Å². The summed E-state index contributed by atoms with van der Waals surface area (Å²) in [5, 5.41) is 8.68. The van der Waals surface area contributed by atoms with Gasteiger partial charge < -0.3 is 4.90 Å². The van der Waals surface area contributed by atoms with Crippen LogP contribution in [0.15, 0.2) is 0 Å². The molecular weight excluding hydrogens is 228 g/mol. The van der Waals surface area contributed by atoms with E-state index >= 15 is 0 Å². The SMILES string of the molecule is CCCC(CS)(CCC)CN(CC)CCC#N. The summed E-state index contributed by atoms with van der Waals surface area (Å²) in [4.78, 5) is 2.41. The second-order valence-electron chi connectivity index (χ2n) is 4.93. The van der Waals surface area contributed by atoms with Crippen LogP contribution in [0.3, 0.4) is 0 Å². The van der Waals surface area contributed by atoms with Crippen molar-refractivity contribution in [1.29, 1.82) is 5.26 Å². The summed E-state index contributed by atoms with van der Waals surface area (Å²) >= 11 is 4.58. The molecule has 0 unspecified atom stereocenters. The van der Waals surface area contributed by atoms with Gasteiger partial charge >= 0.3 is 0 Å². The maximum absolute atomic E-state index is 8.68. The van der Waals surface area contributed by atoms with Crippen LogP contribution in [-0.2, 0) is 0 Å². The molecule has 0 fully saturated rings. The van der Waals surface area contributed by atoms with Crippen LogP contribution in [0.5, 0.6) is 0 Å². The predicted molar refractivity (Wildman–Crippen MR) is 78.4 cm³/mol. The van der Waals surface area contributed by atoms with E-state index in [4.69, 9.17) is 5.26 Å². The molecule has 0 atom stereocenters. The highest BCUT2D eigenvalue weighted by Crippen LogP contribution is 2.32. The summed E-state index contributed by atoms with van der Waals surface area (Å²) in [6.07, 6.45) is 5.56. The maximum Gasteiger partial charge on any atom is 0.0635 e. The minimum atomic E-state index is 0.345. The quantitative estimate of drug-likeness (QED) is 0.603. The normalized spacial score (nSPS) is 11.8. The minimum Gasteiger partial charge on any atom is -0.302 e. The fourth-order valence-corrected chi connectivity index (χ4v) is 3.00. The molecule has 0 amide bonds. The first kappa shape index (κ1) is 16.8. The molecule has 0 aromatic carbocycles. The van der Waals surface area contributed by atoms with Crippen molar-refractivity contribution in [2.24, 2.45) is 5.41 Å². The van der Waals surface area contributed by atoms with Crippen LogP contribution in [0.1, 0.15) is 52.9 Å². The maximum atomic E-state index is 8.68. The highest BCUT2D eigenvalue weighted by Gasteiger charge is 2.28. The monoisotopic (exact) mass is 256 g/mol. The molecule has 100 valence electrons. The van der Waals surface area contributed by atoms with E-state index in [1.807, 2.05) is 0 Å². The van der Waals surface area contributed by atoms with Crippen LogP contribution in [0, 0.1) is 16.7 Å². The lowest BCUT2D eigenvalue weighted by atomic mass is 9.80. The molecule has 17 heavy (non-hydrogen) atoms. The third-order valence-electron chi connectivity index (χ3n) is 3.44. The molecule has 0 aromatic rings. The number of nitriles is 1.